The van der Waals surface area contributed by atoms with Crippen molar-refractivity contribution in [1.29, 1.82) is 0 Å². The van der Waals surface area contributed by atoms with Gasteiger partial charge >= 0.3 is 6.18 Å². The predicted octanol–water partition coefficient (Wildman–Crippen LogP) is 2.03. The van der Waals surface area contributed by atoms with Crippen LogP contribution >= 0.6 is 0 Å². The number of para-hydroxylation sites is 1. The van der Waals surface area contributed by atoms with Crippen LogP contribution in [0.4, 0.5) is 18.9 Å². The van der Waals surface area contributed by atoms with E-state index in [1.54, 1.807) is 6.07 Å². The van der Waals surface area contributed by atoms with Gasteiger partial charge in [-0.1, -0.05) is 12.1 Å². The Morgan fingerprint density at radius 3 is 2.73 bits per heavy atom. The fraction of sp³-hybridized carbons (Fsp3) is 0.400. The molecule has 82 valence electrons. The molecule has 0 spiro atoms. The van der Waals surface area contributed by atoms with Crippen molar-refractivity contribution in [1.82, 2.24) is 0 Å². The zero-order valence-electron chi connectivity index (χ0n) is 7.80. The molecule has 0 fully saturated rings. The van der Waals surface area contributed by atoms with E-state index >= 15 is 0 Å². The minimum absolute atomic E-state index is 0.115. The van der Waals surface area contributed by atoms with Gasteiger partial charge in [0.1, 0.15) is 0 Å². The molecule has 1 aliphatic heterocycles. The first-order valence-corrected chi connectivity index (χ1v) is 4.59. The maximum atomic E-state index is 12.6. The monoisotopic (exact) mass is 217 g/mol. The molecular weight excluding hydrogens is 207 g/mol. The Labute approximate surface area is 84.7 Å². The van der Waals surface area contributed by atoms with Crippen molar-refractivity contribution in [2.24, 2.45) is 0 Å². The number of aliphatic hydroxyl groups is 1. The smallest absolute Gasteiger partial charge is 0.394 e. The second kappa shape index (κ2) is 3.41. The van der Waals surface area contributed by atoms with Crippen LogP contribution in [0.2, 0.25) is 0 Å². The fourth-order valence-electron chi connectivity index (χ4n) is 1.81. The number of fused-ring (bicyclic) bond motifs is 1. The van der Waals surface area contributed by atoms with Crippen molar-refractivity contribution in [3.63, 3.8) is 0 Å². The Morgan fingerprint density at radius 2 is 2.13 bits per heavy atom. The zero-order valence-corrected chi connectivity index (χ0v) is 7.80. The first kappa shape index (κ1) is 10.3. The molecule has 15 heavy (non-hydrogen) atoms. The van der Waals surface area contributed by atoms with E-state index in [2.05, 4.69) is 5.32 Å². The van der Waals surface area contributed by atoms with Crippen molar-refractivity contribution < 1.29 is 18.3 Å². The van der Waals surface area contributed by atoms with Gasteiger partial charge in [0.15, 0.2) is 0 Å². The summed E-state index contributed by atoms with van der Waals surface area (Å²) in [4.78, 5) is 0. The highest BCUT2D eigenvalue weighted by atomic mass is 19.4. The lowest BCUT2D eigenvalue weighted by molar-refractivity contribution is -0.136. The van der Waals surface area contributed by atoms with Crippen molar-refractivity contribution >= 4 is 5.69 Å². The number of alkyl halides is 3. The van der Waals surface area contributed by atoms with E-state index in [0.717, 1.165) is 6.07 Å². The lowest BCUT2D eigenvalue weighted by Crippen LogP contribution is -2.20. The standard InChI is InChI=1S/C10H10F3NO/c11-10(12,13)8-3-1-2-6-4-7(5-15)14-9(6)8/h1-3,7,14-15H,4-5H2. The molecule has 1 aliphatic rings. The van der Waals surface area contributed by atoms with Crippen molar-refractivity contribution in [3.05, 3.63) is 29.3 Å². The second-order valence-electron chi connectivity index (χ2n) is 3.57. The van der Waals surface area contributed by atoms with Gasteiger partial charge in [-0.2, -0.15) is 13.2 Å². The maximum absolute atomic E-state index is 12.6. The van der Waals surface area contributed by atoms with Crippen LogP contribution in [0, 0.1) is 0 Å². The van der Waals surface area contributed by atoms with Gasteiger partial charge in [0.25, 0.3) is 0 Å². The number of hydrogen-bond acceptors (Lipinski definition) is 2. The molecule has 5 heteroatoms. The molecule has 2 N–H and O–H groups in total. The summed E-state index contributed by atoms with van der Waals surface area (Å²) >= 11 is 0. The van der Waals surface area contributed by atoms with E-state index in [1.807, 2.05) is 0 Å². The second-order valence-corrected chi connectivity index (χ2v) is 3.57. The summed E-state index contributed by atoms with van der Waals surface area (Å²) in [6.45, 7) is -0.161. The quantitative estimate of drug-likeness (QED) is 0.754. The van der Waals surface area contributed by atoms with Gasteiger partial charge in [0, 0.05) is 5.69 Å². The number of halogens is 3. The van der Waals surface area contributed by atoms with E-state index in [4.69, 9.17) is 5.11 Å². The van der Waals surface area contributed by atoms with E-state index in [-0.39, 0.29) is 18.3 Å². The van der Waals surface area contributed by atoms with E-state index in [0.29, 0.717) is 12.0 Å². The Kier molecular flexibility index (Phi) is 2.34. The minimum atomic E-state index is -4.34. The van der Waals surface area contributed by atoms with Crippen LogP contribution < -0.4 is 5.32 Å². The first-order chi connectivity index (χ1) is 7.02. The van der Waals surface area contributed by atoms with Crippen LogP contribution in [-0.2, 0) is 12.6 Å². The van der Waals surface area contributed by atoms with Crippen LogP contribution in [0.25, 0.3) is 0 Å². The maximum Gasteiger partial charge on any atom is 0.418 e. The average molecular weight is 217 g/mol. The summed E-state index contributed by atoms with van der Waals surface area (Å²) in [6.07, 6.45) is -3.90. The topological polar surface area (TPSA) is 32.3 Å². The molecule has 2 nitrogen and oxygen atoms in total. The Morgan fingerprint density at radius 1 is 1.40 bits per heavy atom. The van der Waals surface area contributed by atoms with E-state index in [9.17, 15) is 13.2 Å². The highest BCUT2D eigenvalue weighted by Crippen LogP contribution is 2.39. The first-order valence-electron chi connectivity index (χ1n) is 4.59. The number of anilines is 1. The van der Waals surface area contributed by atoms with Gasteiger partial charge in [-0.05, 0) is 18.1 Å². The predicted molar refractivity (Wildman–Crippen MR) is 49.6 cm³/mol. The summed E-state index contributed by atoms with van der Waals surface area (Å²) in [7, 11) is 0. The molecule has 1 aromatic carbocycles. The fourth-order valence-corrected chi connectivity index (χ4v) is 1.81. The van der Waals surface area contributed by atoms with Crippen molar-refractivity contribution in [3.8, 4) is 0 Å². The van der Waals surface area contributed by atoms with Gasteiger partial charge in [0.2, 0.25) is 0 Å². The minimum Gasteiger partial charge on any atom is -0.394 e. The molecule has 1 unspecified atom stereocenters. The number of benzene rings is 1. The molecule has 0 aromatic heterocycles. The van der Waals surface area contributed by atoms with Crippen molar-refractivity contribution in [2.45, 2.75) is 18.6 Å². The summed E-state index contributed by atoms with van der Waals surface area (Å²) in [5.74, 6) is 0. The van der Waals surface area contributed by atoms with Crippen LogP contribution in [0.15, 0.2) is 18.2 Å². The Balaban J connectivity index is 2.42. The van der Waals surface area contributed by atoms with Gasteiger partial charge in [0.05, 0.1) is 18.2 Å². The van der Waals surface area contributed by atoms with Crippen molar-refractivity contribution in [2.75, 3.05) is 11.9 Å². The molecule has 0 saturated carbocycles. The van der Waals surface area contributed by atoms with Crippen LogP contribution in [0.5, 0.6) is 0 Å². The largest absolute Gasteiger partial charge is 0.418 e. The molecule has 1 aromatic rings. The average Bonchev–Trinajstić information content (AvgIpc) is 2.57. The Bertz CT molecular complexity index is 375. The van der Waals surface area contributed by atoms with Crippen LogP contribution in [0.3, 0.4) is 0 Å². The molecule has 1 atom stereocenters. The third-order valence-electron chi connectivity index (χ3n) is 2.49. The molecule has 0 amide bonds. The molecule has 0 saturated heterocycles. The molecule has 0 radical (unpaired) electrons. The molecule has 0 aliphatic carbocycles. The van der Waals surface area contributed by atoms with Crippen LogP contribution in [0.1, 0.15) is 11.1 Å². The summed E-state index contributed by atoms with van der Waals surface area (Å²) in [5.41, 5.74) is 0.0730. The van der Waals surface area contributed by atoms with Gasteiger partial charge < -0.3 is 10.4 Å². The molecular formula is C10H10F3NO. The van der Waals surface area contributed by atoms with E-state index < -0.39 is 11.7 Å². The number of rotatable bonds is 1. The third-order valence-corrected chi connectivity index (χ3v) is 2.49. The van der Waals surface area contributed by atoms with E-state index in [1.165, 1.54) is 6.07 Å². The SMILES string of the molecule is OCC1Cc2cccc(C(F)(F)F)c2N1. The number of aliphatic hydroxyl groups excluding tert-OH is 1. The highest BCUT2D eigenvalue weighted by Gasteiger charge is 2.36. The van der Waals surface area contributed by atoms with Gasteiger partial charge in [-0.25, -0.2) is 0 Å². The molecule has 1 heterocycles. The lowest BCUT2D eigenvalue weighted by Gasteiger charge is -2.13. The summed E-state index contributed by atoms with van der Waals surface area (Å²) < 4.78 is 37.7. The molecule has 0 bridgehead atoms. The van der Waals surface area contributed by atoms with Crippen LogP contribution in [-0.4, -0.2) is 17.8 Å². The third kappa shape index (κ3) is 1.79. The summed E-state index contributed by atoms with van der Waals surface area (Å²) in [5, 5.41) is 11.6. The van der Waals surface area contributed by atoms with Gasteiger partial charge in [-0.15, -0.1) is 0 Å². The number of nitrogens with one attached hydrogen (secondary N) is 1. The number of hydrogen-bond donors (Lipinski definition) is 2. The Hall–Kier alpha value is -1.23. The summed E-state index contributed by atoms with van der Waals surface area (Å²) in [6, 6.07) is 3.78. The highest BCUT2D eigenvalue weighted by molar-refractivity contribution is 5.63. The lowest BCUT2D eigenvalue weighted by atomic mass is 10.1. The van der Waals surface area contributed by atoms with Gasteiger partial charge in [-0.3, -0.25) is 0 Å². The zero-order chi connectivity index (χ0) is 11.1. The normalized spacial score (nSPS) is 19.9. The molecule has 2 rings (SSSR count).